The Hall–Kier alpha value is -2.50. The molecule has 0 spiro atoms. The second-order valence-corrected chi connectivity index (χ2v) is 13.3. The highest BCUT2D eigenvalue weighted by Crippen LogP contribution is 2.19. The van der Waals surface area contributed by atoms with Crippen LogP contribution in [0.3, 0.4) is 0 Å². The highest BCUT2D eigenvalue weighted by Gasteiger charge is 2.31. The lowest BCUT2D eigenvalue weighted by Crippen LogP contribution is -3.12. The van der Waals surface area contributed by atoms with Crippen LogP contribution in [-0.4, -0.2) is 68.9 Å². The van der Waals surface area contributed by atoms with E-state index in [1.54, 1.807) is 0 Å². The molecule has 3 atom stereocenters. The molecule has 0 aliphatic rings. The van der Waals surface area contributed by atoms with Crippen molar-refractivity contribution >= 4 is 33.7 Å². The van der Waals surface area contributed by atoms with Crippen LogP contribution in [0, 0.1) is 25.7 Å². The highest BCUT2D eigenvalue weighted by molar-refractivity contribution is 7.87. The number of ether oxygens (including phenoxy) is 2. The number of benzene rings is 1. The summed E-state index contributed by atoms with van der Waals surface area (Å²) in [5.74, 6) is -1.65. The molecule has 1 aromatic carbocycles. The Bertz CT molecular complexity index is 1090. The Morgan fingerprint density at radius 3 is 1.76 bits per heavy atom. The van der Waals surface area contributed by atoms with Gasteiger partial charge in [0.1, 0.15) is 10.1 Å². The molecular weight excluding hydrogens is 596 g/mol. The minimum Gasteiger partial charge on any atom is -0.747 e. The number of aryl methyl sites for hydroxylation is 2. The summed E-state index contributed by atoms with van der Waals surface area (Å²) in [6.07, 6.45) is 6.58. The molecular formula is C34H60N2O8S. The molecule has 2 N–H and O–H groups in total. The first-order chi connectivity index (χ1) is 21.3. The van der Waals surface area contributed by atoms with Crippen molar-refractivity contribution in [3.05, 3.63) is 29.3 Å². The molecule has 1 aromatic rings. The predicted molar refractivity (Wildman–Crippen MR) is 178 cm³/mol. The number of esters is 2. The lowest BCUT2D eigenvalue weighted by molar-refractivity contribution is -0.888. The maximum absolute atomic E-state index is 12.1. The average Bonchev–Trinajstić information content (AvgIpc) is 3.00. The summed E-state index contributed by atoms with van der Waals surface area (Å²) < 4.78 is 44.6. The first-order valence-electron chi connectivity index (χ1n) is 16.7. The van der Waals surface area contributed by atoms with Crippen molar-refractivity contribution in [2.75, 3.05) is 38.2 Å². The van der Waals surface area contributed by atoms with Crippen LogP contribution in [0.1, 0.15) is 110 Å². The van der Waals surface area contributed by atoms with E-state index in [1.807, 2.05) is 45.9 Å². The number of carbonyl (C=O) groups excluding carboxylic acids is 3. The van der Waals surface area contributed by atoms with Gasteiger partial charge in [0, 0.05) is 5.69 Å². The first kappa shape index (κ1) is 42.5. The number of rotatable bonds is 21. The summed E-state index contributed by atoms with van der Waals surface area (Å²) in [4.78, 5) is 37.4. The molecule has 0 saturated carbocycles. The Morgan fingerprint density at radius 1 is 0.844 bits per heavy atom. The summed E-state index contributed by atoms with van der Waals surface area (Å²) in [5.41, 5.74) is 3.20. The molecule has 45 heavy (non-hydrogen) atoms. The molecule has 0 heterocycles. The van der Waals surface area contributed by atoms with E-state index < -0.39 is 33.7 Å². The van der Waals surface area contributed by atoms with Gasteiger partial charge in [0.25, 0.3) is 5.91 Å². The highest BCUT2D eigenvalue weighted by atomic mass is 32.2. The summed E-state index contributed by atoms with van der Waals surface area (Å²) in [5, 5.41) is 0.962. The normalized spacial score (nSPS) is 13.3. The quantitative estimate of drug-likeness (QED) is 0.139. The summed E-state index contributed by atoms with van der Waals surface area (Å²) in [6, 6.07) is 6.05. The molecule has 3 unspecified atom stereocenters. The van der Waals surface area contributed by atoms with Gasteiger partial charge in [-0.2, -0.15) is 0 Å². The van der Waals surface area contributed by atoms with E-state index in [2.05, 4.69) is 33.0 Å². The lowest BCUT2D eigenvalue weighted by atomic mass is 10.0. The van der Waals surface area contributed by atoms with Gasteiger partial charge < -0.3 is 24.2 Å². The fourth-order valence-corrected chi connectivity index (χ4v) is 5.38. The van der Waals surface area contributed by atoms with E-state index in [-0.39, 0.29) is 31.0 Å². The molecule has 1 amide bonds. The van der Waals surface area contributed by atoms with E-state index in [0.29, 0.717) is 6.54 Å². The smallest absolute Gasteiger partial charge is 0.323 e. The molecule has 260 valence electrons. The third kappa shape index (κ3) is 18.3. The van der Waals surface area contributed by atoms with Crippen molar-refractivity contribution in [3.8, 4) is 0 Å². The van der Waals surface area contributed by atoms with Crippen molar-refractivity contribution in [2.45, 2.75) is 118 Å². The van der Waals surface area contributed by atoms with E-state index >= 15 is 0 Å². The number of carbonyl (C=O) groups is 3. The summed E-state index contributed by atoms with van der Waals surface area (Å²) in [7, 11) is -5.01. The lowest BCUT2D eigenvalue weighted by Gasteiger charge is -2.21. The molecule has 11 heteroatoms. The van der Waals surface area contributed by atoms with Crippen molar-refractivity contribution in [1.29, 1.82) is 0 Å². The third-order valence-corrected chi connectivity index (χ3v) is 9.20. The van der Waals surface area contributed by atoms with Gasteiger partial charge in [-0.3, -0.25) is 14.4 Å². The van der Waals surface area contributed by atoms with Gasteiger partial charge in [0.2, 0.25) is 0 Å². The van der Waals surface area contributed by atoms with Crippen LogP contribution in [0.15, 0.2) is 18.2 Å². The Labute approximate surface area is 272 Å². The van der Waals surface area contributed by atoms with Crippen LogP contribution in [0.5, 0.6) is 0 Å². The number of hydrogen-bond donors (Lipinski definition) is 2. The van der Waals surface area contributed by atoms with Gasteiger partial charge in [-0.25, -0.2) is 8.42 Å². The zero-order valence-corrected chi connectivity index (χ0v) is 29.9. The van der Waals surface area contributed by atoms with Crippen LogP contribution in [-0.2, 0) is 34.0 Å². The van der Waals surface area contributed by atoms with E-state index in [1.165, 1.54) is 4.90 Å². The van der Waals surface area contributed by atoms with Crippen molar-refractivity contribution in [2.24, 2.45) is 11.8 Å². The number of unbranched alkanes of at least 4 members (excludes halogenated alkanes) is 2. The van der Waals surface area contributed by atoms with Gasteiger partial charge in [0.05, 0.1) is 32.7 Å². The summed E-state index contributed by atoms with van der Waals surface area (Å²) in [6.45, 7) is 19.0. The SMILES string of the molecule is CCCCC(CC)COC(=O)CC(C(=O)OCC(CC)CCCC)S(=O)(=O)[O-].CC[NH+](CC)CC(=O)Nc1c(C)cccc1C. The largest absolute Gasteiger partial charge is 0.747 e. The fourth-order valence-electron chi connectivity index (χ4n) is 4.74. The number of quaternary nitrogens is 1. The first-order valence-corrected chi connectivity index (χ1v) is 18.2. The Morgan fingerprint density at radius 2 is 1.33 bits per heavy atom. The average molecular weight is 657 g/mol. The molecule has 0 radical (unpaired) electrons. The number of anilines is 1. The Kier molecular flexibility index (Phi) is 22.5. The van der Waals surface area contributed by atoms with Gasteiger partial charge >= 0.3 is 11.9 Å². The maximum Gasteiger partial charge on any atom is 0.323 e. The van der Waals surface area contributed by atoms with Gasteiger partial charge in [-0.15, -0.1) is 0 Å². The van der Waals surface area contributed by atoms with Crippen LogP contribution in [0.2, 0.25) is 0 Å². The fraction of sp³-hybridized carbons (Fsp3) is 0.735. The van der Waals surface area contributed by atoms with Crippen molar-refractivity contribution < 1.29 is 41.7 Å². The van der Waals surface area contributed by atoms with Crippen LogP contribution in [0.4, 0.5) is 5.69 Å². The molecule has 0 bridgehead atoms. The summed E-state index contributed by atoms with van der Waals surface area (Å²) >= 11 is 0. The number of amides is 1. The zero-order valence-electron chi connectivity index (χ0n) is 29.0. The molecule has 0 aliphatic heterocycles. The number of hydrogen-bond acceptors (Lipinski definition) is 8. The minimum absolute atomic E-state index is 0.0470. The van der Waals surface area contributed by atoms with Gasteiger partial charge in [-0.05, 0) is 63.5 Å². The molecule has 0 saturated heterocycles. The van der Waals surface area contributed by atoms with Crippen molar-refractivity contribution in [3.63, 3.8) is 0 Å². The van der Waals surface area contributed by atoms with Crippen LogP contribution >= 0.6 is 0 Å². The third-order valence-electron chi connectivity index (χ3n) is 8.15. The van der Waals surface area contributed by atoms with E-state index in [0.717, 1.165) is 81.3 Å². The zero-order chi connectivity index (χ0) is 34.4. The monoisotopic (exact) mass is 656 g/mol. The second-order valence-electron chi connectivity index (χ2n) is 11.8. The molecule has 0 aliphatic carbocycles. The van der Waals surface area contributed by atoms with E-state index in [4.69, 9.17) is 9.47 Å². The molecule has 10 nitrogen and oxygen atoms in total. The molecule has 1 rings (SSSR count). The standard InChI is InChI=1S/C20H38O7S.C14H22N2O/c1-5-9-11-16(7-3)14-26-19(21)13-18(28(23,24)25)20(22)27-15-17(8-4)12-10-6-2;1-5-16(6-2)10-13(17)15-14-11(3)8-7-9-12(14)4/h16-18H,5-15H2,1-4H3,(H,23,24,25);7-9H,5-6,10H2,1-4H3,(H,15,17). The Balaban J connectivity index is 0.000000966. The van der Waals surface area contributed by atoms with Crippen LogP contribution < -0.4 is 10.2 Å². The topological polar surface area (TPSA) is 143 Å². The van der Waals surface area contributed by atoms with Crippen molar-refractivity contribution in [1.82, 2.24) is 0 Å². The maximum atomic E-state index is 12.1. The molecule has 0 aromatic heterocycles. The van der Waals surface area contributed by atoms with Gasteiger partial charge in [-0.1, -0.05) is 84.4 Å². The number of para-hydroxylation sites is 1. The second kappa shape index (κ2) is 23.8. The predicted octanol–water partition coefficient (Wildman–Crippen LogP) is 4.98. The van der Waals surface area contributed by atoms with E-state index in [9.17, 15) is 27.4 Å². The number of likely N-dealkylation sites (N-methyl/N-ethyl adjacent to an activating group) is 1. The van der Waals surface area contributed by atoms with Gasteiger partial charge in [0.15, 0.2) is 11.8 Å². The molecule has 0 fully saturated rings. The minimum atomic E-state index is -5.01. The van der Waals surface area contributed by atoms with Crippen LogP contribution in [0.25, 0.3) is 0 Å². The number of nitrogens with one attached hydrogen (secondary N) is 2.